The lowest BCUT2D eigenvalue weighted by Crippen LogP contribution is -2.02. The van der Waals surface area contributed by atoms with Gasteiger partial charge in [-0.15, -0.1) is 0 Å². The number of benzene rings is 9. The predicted molar refractivity (Wildman–Crippen MR) is 248 cm³/mol. The third kappa shape index (κ3) is 5.73. The van der Waals surface area contributed by atoms with Gasteiger partial charge in [0, 0.05) is 33.2 Å². The highest BCUT2D eigenvalue weighted by Gasteiger charge is 2.25. The fourth-order valence-corrected chi connectivity index (χ4v) is 9.66. The molecule has 2 aromatic heterocycles. The van der Waals surface area contributed by atoms with E-state index in [-0.39, 0.29) is 0 Å². The zero-order valence-corrected chi connectivity index (χ0v) is 32.8. The van der Waals surface area contributed by atoms with Crippen molar-refractivity contribution in [3.63, 3.8) is 0 Å². The van der Waals surface area contributed by atoms with Crippen LogP contribution in [-0.4, -0.2) is 9.97 Å². The molecule has 11 aromatic rings. The number of aromatic nitrogens is 2. The first-order chi connectivity index (χ1) is 29.7. The SMILES string of the molecule is c1ccc(-c2cc(-c3nc(-c4cccc5oc6ccc(-c7ccc8c(c7)-c7ccccc7CCC8c7ccccc7)cc6c45)nc4ccccc34)c3ccccc3c2)cc1. The van der Waals surface area contributed by atoms with Crippen LogP contribution in [0.15, 0.2) is 205 Å². The van der Waals surface area contributed by atoms with Crippen molar-refractivity contribution in [3.8, 4) is 56.0 Å². The van der Waals surface area contributed by atoms with E-state index >= 15 is 0 Å². The number of aryl methyl sites for hydroxylation is 1. The number of rotatable bonds is 5. The van der Waals surface area contributed by atoms with Crippen LogP contribution in [-0.2, 0) is 6.42 Å². The molecule has 0 saturated heterocycles. The van der Waals surface area contributed by atoms with Crippen LogP contribution in [0.25, 0.3) is 99.6 Å². The van der Waals surface area contributed by atoms with Gasteiger partial charge in [0.15, 0.2) is 5.82 Å². The molecule has 1 aliphatic rings. The van der Waals surface area contributed by atoms with Crippen molar-refractivity contribution >= 4 is 43.6 Å². The van der Waals surface area contributed by atoms with Gasteiger partial charge < -0.3 is 4.42 Å². The van der Waals surface area contributed by atoms with E-state index < -0.39 is 0 Å². The first-order valence-electron chi connectivity index (χ1n) is 20.8. The summed E-state index contributed by atoms with van der Waals surface area (Å²) in [6.45, 7) is 0. The molecule has 0 N–H and O–H groups in total. The van der Waals surface area contributed by atoms with Gasteiger partial charge in [-0.05, 0) is 116 Å². The Morgan fingerprint density at radius 1 is 0.433 bits per heavy atom. The zero-order chi connectivity index (χ0) is 39.6. The highest BCUT2D eigenvalue weighted by molar-refractivity contribution is 6.13. The Bertz CT molecular complexity index is 3440. The summed E-state index contributed by atoms with van der Waals surface area (Å²) in [5.74, 6) is 1.00. The second-order valence-electron chi connectivity index (χ2n) is 16.0. The van der Waals surface area contributed by atoms with Gasteiger partial charge in [0.2, 0.25) is 0 Å². The second kappa shape index (κ2) is 14.0. The van der Waals surface area contributed by atoms with Crippen LogP contribution in [0.4, 0.5) is 0 Å². The normalized spacial score (nSPS) is 13.7. The van der Waals surface area contributed by atoms with Gasteiger partial charge in [-0.3, -0.25) is 0 Å². The van der Waals surface area contributed by atoms with E-state index in [9.17, 15) is 0 Å². The molecule has 0 spiro atoms. The lowest BCUT2D eigenvalue weighted by molar-refractivity contribution is 0.669. The third-order valence-corrected chi connectivity index (χ3v) is 12.5. The minimum Gasteiger partial charge on any atom is -0.456 e. The molecule has 60 heavy (non-hydrogen) atoms. The molecule has 0 saturated carbocycles. The lowest BCUT2D eigenvalue weighted by atomic mass is 9.84. The number of nitrogens with zero attached hydrogens (tertiary/aromatic N) is 2. The van der Waals surface area contributed by atoms with Crippen LogP contribution >= 0.6 is 0 Å². The molecule has 1 atom stereocenters. The van der Waals surface area contributed by atoms with Crippen molar-refractivity contribution in [2.24, 2.45) is 0 Å². The average molecular weight is 767 g/mol. The van der Waals surface area contributed by atoms with Crippen LogP contribution in [0.3, 0.4) is 0 Å². The number of furan rings is 1. The van der Waals surface area contributed by atoms with Crippen LogP contribution in [0, 0.1) is 0 Å². The van der Waals surface area contributed by atoms with Crippen molar-refractivity contribution in [2.45, 2.75) is 18.8 Å². The molecule has 3 nitrogen and oxygen atoms in total. The molecule has 2 heterocycles. The molecule has 0 aliphatic heterocycles. The first kappa shape index (κ1) is 34.4. The molecule has 0 fully saturated rings. The molecule has 282 valence electrons. The van der Waals surface area contributed by atoms with E-state index in [1.165, 1.54) is 44.3 Å². The summed E-state index contributed by atoms with van der Waals surface area (Å²) in [6, 6.07) is 72.0. The van der Waals surface area contributed by atoms with Crippen molar-refractivity contribution in [1.29, 1.82) is 0 Å². The minimum absolute atomic E-state index is 0.330. The summed E-state index contributed by atoms with van der Waals surface area (Å²) in [7, 11) is 0. The molecule has 12 rings (SSSR count). The Morgan fingerprint density at radius 2 is 1.15 bits per heavy atom. The van der Waals surface area contributed by atoms with Gasteiger partial charge >= 0.3 is 0 Å². The maximum atomic E-state index is 6.59. The van der Waals surface area contributed by atoms with Gasteiger partial charge in [0.05, 0.1) is 11.2 Å². The van der Waals surface area contributed by atoms with E-state index in [2.05, 4.69) is 200 Å². The van der Waals surface area contributed by atoms with Gasteiger partial charge in [0.25, 0.3) is 0 Å². The van der Waals surface area contributed by atoms with E-state index in [0.29, 0.717) is 11.7 Å². The van der Waals surface area contributed by atoms with Crippen molar-refractivity contribution in [3.05, 3.63) is 217 Å². The Hall–Kier alpha value is -7.62. The quantitative estimate of drug-likeness (QED) is 0.175. The Kier molecular flexibility index (Phi) is 8.05. The Labute approximate surface area is 348 Å². The van der Waals surface area contributed by atoms with Crippen LogP contribution in [0.1, 0.15) is 29.0 Å². The van der Waals surface area contributed by atoms with Crippen molar-refractivity contribution < 1.29 is 4.42 Å². The summed E-state index contributed by atoms with van der Waals surface area (Å²) < 4.78 is 6.59. The molecule has 1 aliphatic carbocycles. The second-order valence-corrected chi connectivity index (χ2v) is 16.0. The first-order valence-corrected chi connectivity index (χ1v) is 20.8. The van der Waals surface area contributed by atoms with Crippen LogP contribution < -0.4 is 0 Å². The maximum absolute atomic E-state index is 6.59. The van der Waals surface area contributed by atoms with Gasteiger partial charge in [-0.1, -0.05) is 158 Å². The Balaban J connectivity index is 1.04. The molecular formula is C57H38N2O. The fraction of sp³-hybridized carbons (Fsp3) is 0.0526. The molecule has 0 radical (unpaired) electrons. The molecule has 0 amide bonds. The molecule has 0 bridgehead atoms. The van der Waals surface area contributed by atoms with Crippen LogP contribution in [0.5, 0.6) is 0 Å². The molecular weight excluding hydrogens is 729 g/mol. The van der Waals surface area contributed by atoms with E-state index in [4.69, 9.17) is 14.4 Å². The predicted octanol–water partition coefficient (Wildman–Crippen LogP) is 15.1. The van der Waals surface area contributed by atoms with E-state index in [0.717, 1.165) is 79.0 Å². The number of para-hydroxylation sites is 1. The van der Waals surface area contributed by atoms with Gasteiger partial charge in [-0.2, -0.15) is 0 Å². The summed E-state index contributed by atoms with van der Waals surface area (Å²) in [4.78, 5) is 10.8. The summed E-state index contributed by atoms with van der Waals surface area (Å²) in [5, 5.41) is 5.41. The number of fused-ring (bicyclic) bond motifs is 8. The lowest BCUT2D eigenvalue weighted by Gasteiger charge is -2.19. The molecule has 9 aromatic carbocycles. The largest absolute Gasteiger partial charge is 0.456 e. The number of hydrogen-bond donors (Lipinski definition) is 0. The highest BCUT2D eigenvalue weighted by atomic mass is 16.3. The maximum Gasteiger partial charge on any atom is 0.161 e. The average Bonchev–Trinajstić information content (AvgIpc) is 3.61. The Morgan fingerprint density at radius 3 is 2.05 bits per heavy atom. The topological polar surface area (TPSA) is 38.9 Å². The molecule has 3 heteroatoms. The zero-order valence-electron chi connectivity index (χ0n) is 32.8. The smallest absolute Gasteiger partial charge is 0.161 e. The van der Waals surface area contributed by atoms with Crippen molar-refractivity contribution in [2.75, 3.05) is 0 Å². The van der Waals surface area contributed by atoms with Gasteiger partial charge in [-0.25, -0.2) is 9.97 Å². The standard InChI is InChI=1S/C57H38N2O/c1-3-14-36(15-4-1)42-32-41-19-8-10-21-44(41)50(35-42)56-47-22-11-12-24-52(47)58-57(59-56)48-23-13-25-54-55(48)51-34-40(28-31-53(51)60-54)39-27-30-46-45(37-16-5-2-6-17-37)29-26-38-18-7-9-20-43(38)49(46)33-39/h1-25,27-28,30-35,45H,26,29H2. The van der Waals surface area contributed by atoms with E-state index in [1.807, 2.05) is 0 Å². The van der Waals surface area contributed by atoms with Crippen LogP contribution in [0.2, 0.25) is 0 Å². The van der Waals surface area contributed by atoms with E-state index in [1.54, 1.807) is 0 Å². The highest BCUT2D eigenvalue weighted by Crippen LogP contribution is 2.45. The van der Waals surface area contributed by atoms with Gasteiger partial charge in [0.1, 0.15) is 11.2 Å². The molecule has 1 unspecified atom stereocenters. The summed E-state index contributed by atoms with van der Waals surface area (Å²) in [6.07, 6.45) is 2.12. The minimum atomic E-state index is 0.330. The third-order valence-electron chi connectivity index (χ3n) is 12.5. The monoisotopic (exact) mass is 766 g/mol. The fourth-order valence-electron chi connectivity index (χ4n) is 9.66. The van der Waals surface area contributed by atoms with Crippen molar-refractivity contribution in [1.82, 2.24) is 9.97 Å². The summed E-state index contributed by atoms with van der Waals surface area (Å²) >= 11 is 0. The summed E-state index contributed by atoms with van der Waals surface area (Å²) in [5.41, 5.74) is 16.9. The number of hydrogen-bond acceptors (Lipinski definition) is 3.